The predicted molar refractivity (Wildman–Crippen MR) is 54.3 cm³/mol. The fourth-order valence-corrected chi connectivity index (χ4v) is 1.03. The summed E-state index contributed by atoms with van der Waals surface area (Å²) in [6, 6.07) is 0. The summed E-state index contributed by atoms with van der Waals surface area (Å²) < 4.78 is 0. The van der Waals surface area contributed by atoms with Crippen molar-refractivity contribution in [2.24, 2.45) is 5.73 Å². The lowest BCUT2D eigenvalue weighted by atomic mass is 10.3. The van der Waals surface area contributed by atoms with Crippen molar-refractivity contribution in [2.75, 3.05) is 39.8 Å². The first-order chi connectivity index (χ1) is 5.81. The molecule has 74 valence electrons. The molecule has 0 saturated heterocycles. The highest BCUT2D eigenvalue weighted by molar-refractivity contribution is 4.54. The summed E-state index contributed by atoms with van der Waals surface area (Å²) in [5, 5.41) is 3.39. The van der Waals surface area contributed by atoms with Gasteiger partial charge in [0.05, 0.1) is 0 Å². The second-order valence-electron chi connectivity index (χ2n) is 3.20. The summed E-state index contributed by atoms with van der Waals surface area (Å²) >= 11 is 0. The predicted octanol–water partition coefficient (Wildman–Crippen LogP) is 0.267. The summed E-state index contributed by atoms with van der Waals surface area (Å²) in [6.45, 7) is 7.29. The van der Waals surface area contributed by atoms with Crippen molar-refractivity contribution in [3.8, 4) is 0 Å². The van der Waals surface area contributed by atoms with Crippen LogP contribution in [0.15, 0.2) is 0 Å². The molecule has 0 heterocycles. The fraction of sp³-hybridized carbons (Fsp3) is 1.00. The highest BCUT2D eigenvalue weighted by atomic mass is 15.1. The van der Waals surface area contributed by atoms with Crippen molar-refractivity contribution >= 4 is 0 Å². The van der Waals surface area contributed by atoms with Crippen LogP contribution in [0.4, 0.5) is 0 Å². The first-order valence-electron chi connectivity index (χ1n) is 4.90. The molecule has 0 aromatic heterocycles. The lowest BCUT2D eigenvalue weighted by Gasteiger charge is -2.15. The van der Waals surface area contributed by atoms with E-state index in [9.17, 15) is 0 Å². The minimum atomic E-state index is 0.755. The number of hydrogen-bond donors (Lipinski definition) is 2. The molecule has 0 unspecified atom stereocenters. The van der Waals surface area contributed by atoms with Crippen LogP contribution >= 0.6 is 0 Å². The van der Waals surface area contributed by atoms with Gasteiger partial charge in [-0.2, -0.15) is 0 Å². The number of likely N-dealkylation sites (N-methyl/N-ethyl adjacent to an activating group) is 1. The third kappa shape index (κ3) is 7.98. The summed E-state index contributed by atoms with van der Waals surface area (Å²) in [5.74, 6) is 0. The zero-order valence-electron chi connectivity index (χ0n) is 8.47. The van der Waals surface area contributed by atoms with Gasteiger partial charge < -0.3 is 16.0 Å². The first kappa shape index (κ1) is 11.9. The van der Waals surface area contributed by atoms with Crippen LogP contribution in [-0.4, -0.2) is 44.7 Å². The molecule has 0 aliphatic rings. The topological polar surface area (TPSA) is 41.3 Å². The van der Waals surface area contributed by atoms with Gasteiger partial charge in [-0.15, -0.1) is 0 Å². The van der Waals surface area contributed by atoms with Crippen LogP contribution in [0.3, 0.4) is 0 Å². The molecule has 0 amide bonds. The molecule has 0 rings (SSSR count). The Kier molecular flexibility index (Phi) is 8.88. The second-order valence-corrected chi connectivity index (χ2v) is 3.20. The molecule has 0 aromatic carbocycles. The van der Waals surface area contributed by atoms with Crippen molar-refractivity contribution < 1.29 is 0 Å². The van der Waals surface area contributed by atoms with Crippen LogP contribution in [0, 0.1) is 0 Å². The van der Waals surface area contributed by atoms with E-state index in [4.69, 9.17) is 5.73 Å². The molecule has 0 radical (unpaired) electrons. The number of unbranched alkanes of at least 4 members (excludes halogenated alkanes) is 1. The van der Waals surface area contributed by atoms with E-state index in [-0.39, 0.29) is 0 Å². The number of nitrogens with zero attached hydrogens (tertiary/aromatic N) is 1. The molecule has 0 spiro atoms. The van der Waals surface area contributed by atoms with Gasteiger partial charge in [0.1, 0.15) is 0 Å². The SMILES string of the molecule is CCCCNCCN(C)CCN. The Bertz CT molecular complexity index is 85.8. The average molecular weight is 173 g/mol. The number of rotatable bonds is 8. The molecular weight excluding hydrogens is 150 g/mol. The Morgan fingerprint density at radius 1 is 1.25 bits per heavy atom. The normalized spacial score (nSPS) is 11.0. The molecule has 12 heavy (non-hydrogen) atoms. The standard InChI is InChI=1S/C9H23N3/c1-3-4-6-11-7-9-12(2)8-5-10/h11H,3-10H2,1-2H3. The van der Waals surface area contributed by atoms with Gasteiger partial charge in [0, 0.05) is 26.2 Å². The highest BCUT2D eigenvalue weighted by Gasteiger charge is 1.94. The first-order valence-corrected chi connectivity index (χ1v) is 4.90. The van der Waals surface area contributed by atoms with E-state index in [1.807, 2.05) is 0 Å². The van der Waals surface area contributed by atoms with Gasteiger partial charge in [-0.3, -0.25) is 0 Å². The summed E-state index contributed by atoms with van der Waals surface area (Å²) in [7, 11) is 2.11. The molecule has 0 aromatic rings. The fourth-order valence-electron chi connectivity index (χ4n) is 1.03. The summed E-state index contributed by atoms with van der Waals surface area (Å²) in [6.07, 6.45) is 2.55. The third-order valence-corrected chi connectivity index (χ3v) is 1.89. The Morgan fingerprint density at radius 3 is 2.58 bits per heavy atom. The Morgan fingerprint density at radius 2 is 2.00 bits per heavy atom. The van der Waals surface area contributed by atoms with Gasteiger partial charge in [0.2, 0.25) is 0 Å². The molecule has 0 saturated carbocycles. The van der Waals surface area contributed by atoms with Gasteiger partial charge in [-0.05, 0) is 20.0 Å². The van der Waals surface area contributed by atoms with Crippen molar-refractivity contribution in [1.82, 2.24) is 10.2 Å². The molecule has 0 bridgehead atoms. The van der Waals surface area contributed by atoms with Crippen LogP contribution in [0.25, 0.3) is 0 Å². The molecule has 3 N–H and O–H groups in total. The van der Waals surface area contributed by atoms with Crippen LogP contribution in [0.1, 0.15) is 19.8 Å². The van der Waals surface area contributed by atoms with E-state index in [1.54, 1.807) is 0 Å². The second kappa shape index (κ2) is 8.97. The Balaban J connectivity index is 2.97. The minimum Gasteiger partial charge on any atom is -0.329 e. The monoisotopic (exact) mass is 173 g/mol. The summed E-state index contributed by atoms with van der Waals surface area (Å²) in [4.78, 5) is 2.25. The van der Waals surface area contributed by atoms with Crippen LogP contribution < -0.4 is 11.1 Å². The maximum Gasteiger partial charge on any atom is 0.0104 e. The van der Waals surface area contributed by atoms with Crippen LogP contribution in [0.5, 0.6) is 0 Å². The molecule has 0 fully saturated rings. The number of hydrogen-bond acceptors (Lipinski definition) is 3. The Labute approximate surface area is 76.3 Å². The smallest absolute Gasteiger partial charge is 0.0104 e. The summed E-state index contributed by atoms with van der Waals surface area (Å²) in [5.41, 5.74) is 5.42. The van der Waals surface area contributed by atoms with Crippen LogP contribution in [-0.2, 0) is 0 Å². The van der Waals surface area contributed by atoms with E-state index in [0.29, 0.717) is 0 Å². The van der Waals surface area contributed by atoms with Gasteiger partial charge in [0.15, 0.2) is 0 Å². The van der Waals surface area contributed by atoms with Crippen molar-refractivity contribution in [3.63, 3.8) is 0 Å². The van der Waals surface area contributed by atoms with Crippen molar-refractivity contribution in [3.05, 3.63) is 0 Å². The largest absolute Gasteiger partial charge is 0.329 e. The van der Waals surface area contributed by atoms with Crippen LogP contribution in [0.2, 0.25) is 0 Å². The lowest BCUT2D eigenvalue weighted by molar-refractivity contribution is 0.340. The van der Waals surface area contributed by atoms with Gasteiger partial charge in [0.25, 0.3) is 0 Å². The quantitative estimate of drug-likeness (QED) is 0.518. The molecule has 0 aliphatic carbocycles. The highest BCUT2D eigenvalue weighted by Crippen LogP contribution is 1.82. The zero-order chi connectivity index (χ0) is 9.23. The van der Waals surface area contributed by atoms with Gasteiger partial charge in [-0.25, -0.2) is 0 Å². The maximum absolute atomic E-state index is 5.42. The molecule has 0 aliphatic heterocycles. The third-order valence-electron chi connectivity index (χ3n) is 1.89. The molecule has 0 atom stereocenters. The maximum atomic E-state index is 5.42. The number of nitrogens with one attached hydrogen (secondary N) is 1. The molecular formula is C9H23N3. The minimum absolute atomic E-state index is 0.755. The zero-order valence-corrected chi connectivity index (χ0v) is 8.47. The van der Waals surface area contributed by atoms with E-state index in [2.05, 4.69) is 24.2 Å². The van der Waals surface area contributed by atoms with E-state index in [0.717, 1.165) is 32.7 Å². The van der Waals surface area contributed by atoms with Gasteiger partial charge in [-0.1, -0.05) is 13.3 Å². The van der Waals surface area contributed by atoms with E-state index < -0.39 is 0 Å². The van der Waals surface area contributed by atoms with Gasteiger partial charge >= 0.3 is 0 Å². The van der Waals surface area contributed by atoms with E-state index >= 15 is 0 Å². The average Bonchev–Trinajstić information content (AvgIpc) is 2.05. The van der Waals surface area contributed by atoms with E-state index in [1.165, 1.54) is 12.8 Å². The molecule has 3 heteroatoms. The van der Waals surface area contributed by atoms with Crippen molar-refractivity contribution in [2.45, 2.75) is 19.8 Å². The van der Waals surface area contributed by atoms with Crippen molar-refractivity contribution in [1.29, 1.82) is 0 Å². The number of nitrogens with two attached hydrogens (primary N) is 1. The molecule has 3 nitrogen and oxygen atoms in total. The Hall–Kier alpha value is -0.120. The lowest BCUT2D eigenvalue weighted by Crippen LogP contribution is -2.32.